The summed E-state index contributed by atoms with van der Waals surface area (Å²) in [6, 6.07) is 17.8. The third-order valence-corrected chi connectivity index (χ3v) is 3.98. The maximum atomic E-state index is 12.9. The predicted octanol–water partition coefficient (Wildman–Crippen LogP) is 4.07. The van der Waals surface area contributed by atoms with Gasteiger partial charge in [0.05, 0.1) is 0 Å². The van der Waals surface area contributed by atoms with Crippen LogP contribution in [-0.2, 0) is 13.1 Å². The number of aryl methyl sites for hydroxylation is 1. The number of benzene rings is 2. The number of hydrogen-bond acceptors (Lipinski definition) is 3. The third-order valence-electron chi connectivity index (χ3n) is 3.98. The van der Waals surface area contributed by atoms with Crippen molar-refractivity contribution in [3.63, 3.8) is 0 Å². The Labute approximate surface area is 152 Å². The summed E-state index contributed by atoms with van der Waals surface area (Å²) in [5, 5.41) is 6.08. The van der Waals surface area contributed by atoms with E-state index < -0.39 is 0 Å². The zero-order valence-corrected chi connectivity index (χ0v) is 14.5. The molecule has 0 unspecified atom stereocenters. The highest BCUT2D eigenvalue weighted by molar-refractivity contribution is 5.93. The lowest BCUT2D eigenvalue weighted by atomic mass is 10.1. The molecule has 0 aliphatic carbocycles. The van der Waals surface area contributed by atoms with Crippen LogP contribution in [0.5, 0.6) is 0 Å². The number of amides is 1. The first-order valence-corrected chi connectivity index (χ1v) is 8.38. The Kier molecular flexibility index (Phi) is 5.59. The van der Waals surface area contributed by atoms with E-state index in [2.05, 4.69) is 46.8 Å². The van der Waals surface area contributed by atoms with Crippen molar-refractivity contribution in [3.05, 3.63) is 95.1 Å². The average Bonchev–Trinajstić information content (AvgIpc) is 2.67. The van der Waals surface area contributed by atoms with Gasteiger partial charge >= 0.3 is 0 Å². The van der Waals surface area contributed by atoms with Gasteiger partial charge in [-0.3, -0.25) is 9.78 Å². The van der Waals surface area contributed by atoms with Crippen molar-refractivity contribution in [1.82, 2.24) is 10.3 Å². The van der Waals surface area contributed by atoms with Crippen LogP contribution in [0.15, 0.2) is 66.9 Å². The number of rotatable bonds is 6. The molecule has 5 heteroatoms. The number of nitrogens with zero attached hydrogens (tertiary/aromatic N) is 1. The Balaban J connectivity index is 1.58. The second kappa shape index (κ2) is 8.25. The Morgan fingerprint density at radius 1 is 0.962 bits per heavy atom. The Bertz CT molecular complexity index is 877. The van der Waals surface area contributed by atoms with Gasteiger partial charge in [-0.25, -0.2) is 4.39 Å². The zero-order valence-electron chi connectivity index (χ0n) is 14.5. The van der Waals surface area contributed by atoms with E-state index in [4.69, 9.17) is 0 Å². The normalized spacial score (nSPS) is 10.4. The maximum absolute atomic E-state index is 12.9. The summed E-state index contributed by atoms with van der Waals surface area (Å²) in [5.74, 6) is -0.567. The fourth-order valence-electron chi connectivity index (χ4n) is 2.45. The number of aromatic nitrogens is 1. The average molecular weight is 349 g/mol. The first-order chi connectivity index (χ1) is 12.6. The van der Waals surface area contributed by atoms with Crippen LogP contribution >= 0.6 is 0 Å². The quantitative estimate of drug-likeness (QED) is 0.705. The second-order valence-electron chi connectivity index (χ2n) is 6.08. The first kappa shape index (κ1) is 17.6. The van der Waals surface area contributed by atoms with Crippen LogP contribution in [-0.4, -0.2) is 10.9 Å². The standard InChI is InChI=1S/C21H20FN3O/c1-15-2-4-16(5-3-15)13-24-19-10-11-23-20(12-19)21(26)25-14-17-6-8-18(22)9-7-17/h2-12H,13-14H2,1H3,(H,23,24)(H,25,26). The van der Waals surface area contributed by atoms with Crippen LogP contribution in [0.1, 0.15) is 27.2 Å². The molecule has 3 aromatic rings. The number of anilines is 1. The van der Waals surface area contributed by atoms with E-state index in [1.54, 1.807) is 24.4 Å². The van der Waals surface area contributed by atoms with Crippen LogP contribution in [0.4, 0.5) is 10.1 Å². The number of hydrogen-bond donors (Lipinski definition) is 2. The minimum absolute atomic E-state index is 0.270. The van der Waals surface area contributed by atoms with Gasteiger partial charge in [0.25, 0.3) is 5.91 Å². The van der Waals surface area contributed by atoms with Crippen molar-refractivity contribution in [2.75, 3.05) is 5.32 Å². The lowest BCUT2D eigenvalue weighted by molar-refractivity contribution is 0.0946. The number of carbonyl (C=O) groups excluding carboxylic acids is 1. The summed E-state index contributed by atoms with van der Waals surface area (Å²) < 4.78 is 12.9. The summed E-state index contributed by atoms with van der Waals surface area (Å²) in [6.45, 7) is 3.04. The molecule has 4 nitrogen and oxygen atoms in total. The minimum atomic E-state index is -0.297. The van der Waals surface area contributed by atoms with E-state index in [-0.39, 0.29) is 11.7 Å². The summed E-state index contributed by atoms with van der Waals surface area (Å²) in [4.78, 5) is 16.4. The molecule has 0 radical (unpaired) electrons. The fourth-order valence-corrected chi connectivity index (χ4v) is 2.45. The van der Waals surface area contributed by atoms with E-state index in [0.29, 0.717) is 18.8 Å². The van der Waals surface area contributed by atoms with Crippen molar-refractivity contribution in [3.8, 4) is 0 Å². The molecule has 26 heavy (non-hydrogen) atoms. The predicted molar refractivity (Wildman–Crippen MR) is 100 cm³/mol. The highest BCUT2D eigenvalue weighted by Gasteiger charge is 2.08. The molecule has 0 atom stereocenters. The number of carbonyl (C=O) groups is 1. The number of pyridine rings is 1. The van der Waals surface area contributed by atoms with E-state index in [1.165, 1.54) is 17.7 Å². The number of nitrogens with one attached hydrogen (secondary N) is 2. The largest absolute Gasteiger partial charge is 0.381 e. The van der Waals surface area contributed by atoms with Crippen molar-refractivity contribution >= 4 is 11.6 Å². The molecule has 1 amide bonds. The van der Waals surface area contributed by atoms with Crippen LogP contribution in [0.25, 0.3) is 0 Å². The van der Waals surface area contributed by atoms with E-state index in [0.717, 1.165) is 16.8 Å². The first-order valence-electron chi connectivity index (χ1n) is 8.38. The molecule has 0 aliphatic rings. The van der Waals surface area contributed by atoms with Gasteiger partial charge in [0.2, 0.25) is 0 Å². The van der Waals surface area contributed by atoms with Crippen LogP contribution in [0.3, 0.4) is 0 Å². The summed E-state index contributed by atoms with van der Waals surface area (Å²) in [7, 11) is 0. The van der Waals surface area contributed by atoms with Crippen LogP contribution in [0.2, 0.25) is 0 Å². The summed E-state index contributed by atoms with van der Waals surface area (Å²) >= 11 is 0. The lowest BCUT2D eigenvalue weighted by Crippen LogP contribution is -2.23. The molecular formula is C21H20FN3O. The van der Waals surface area contributed by atoms with Gasteiger partial charge in [0.15, 0.2) is 0 Å². The monoisotopic (exact) mass is 349 g/mol. The van der Waals surface area contributed by atoms with Crippen molar-refractivity contribution in [1.29, 1.82) is 0 Å². The third kappa shape index (κ3) is 4.89. The highest BCUT2D eigenvalue weighted by Crippen LogP contribution is 2.11. The lowest BCUT2D eigenvalue weighted by Gasteiger charge is -2.09. The van der Waals surface area contributed by atoms with Gasteiger partial charge < -0.3 is 10.6 Å². The Morgan fingerprint density at radius 3 is 2.35 bits per heavy atom. The van der Waals surface area contributed by atoms with Gasteiger partial charge in [0.1, 0.15) is 11.5 Å². The molecule has 1 heterocycles. The maximum Gasteiger partial charge on any atom is 0.270 e. The van der Waals surface area contributed by atoms with Gasteiger partial charge in [-0.1, -0.05) is 42.0 Å². The summed E-state index contributed by atoms with van der Waals surface area (Å²) in [6.07, 6.45) is 1.60. The molecular weight excluding hydrogens is 329 g/mol. The van der Waals surface area contributed by atoms with Crippen LogP contribution in [0, 0.1) is 12.7 Å². The molecule has 0 bridgehead atoms. The summed E-state index contributed by atoms with van der Waals surface area (Å²) in [5.41, 5.74) is 4.37. The zero-order chi connectivity index (χ0) is 18.4. The molecule has 132 valence electrons. The smallest absolute Gasteiger partial charge is 0.270 e. The Hall–Kier alpha value is -3.21. The Morgan fingerprint density at radius 2 is 1.62 bits per heavy atom. The van der Waals surface area contributed by atoms with E-state index in [9.17, 15) is 9.18 Å². The molecule has 0 spiro atoms. The van der Waals surface area contributed by atoms with Crippen molar-refractivity contribution in [2.45, 2.75) is 20.0 Å². The van der Waals surface area contributed by atoms with Crippen LogP contribution < -0.4 is 10.6 Å². The topological polar surface area (TPSA) is 54.0 Å². The van der Waals surface area contributed by atoms with Gasteiger partial charge in [-0.2, -0.15) is 0 Å². The van der Waals surface area contributed by atoms with Crippen molar-refractivity contribution < 1.29 is 9.18 Å². The van der Waals surface area contributed by atoms with E-state index >= 15 is 0 Å². The molecule has 0 aliphatic heterocycles. The second-order valence-corrected chi connectivity index (χ2v) is 6.08. The van der Waals surface area contributed by atoms with Gasteiger partial charge in [0, 0.05) is 25.0 Å². The highest BCUT2D eigenvalue weighted by atomic mass is 19.1. The molecule has 2 N–H and O–H groups in total. The molecule has 0 saturated carbocycles. The van der Waals surface area contributed by atoms with Gasteiger partial charge in [-0.05, 0) is 42.3 Å². The molecule has 0 fully saturated rings. The van der Waals surface area contributed by atoms with Gasteiger partial charge in [-0.15, -0.1) is 0 Å². The minimum Gasteiger partial charge on any atom is -0.381 e. The SMILES string of the molecule is Cc1ccc(CNc2ccnc(C(=O)NCc3ccc(F)cc3)c2)cc1. The molecule has 3 rings (SSSR count). The number of halogens is 1. The fraction of sp³-hybridized carbons (Fsp3) is 0.143. The molecule has 2 aromatic carbocycles. The molecule has 1 aromatic heterocycles. The van der Waals surface area contributed by atoms with Crippen molar-refractivity contribution in [2.24, 2.45) is 0 Å². The van der Waals surface area contributed by atoms with E-state index in [1.807, 2.05) is 6.07 Å². The molecule has 0 saturated heterocycles.